The van der Waals surface area contributed by atoms with Crippen LogP contribution in [0.5, 0.6) is 0 Å². The van der Waals surface area contributed by atoms with E-state index in [1.807, 2.05) is 0 Å². The van der Waals surface area contributed by atoms with Crippen LogP contribution in [0, 0.1) is 16.7 Å². The summed E-state index contributed by atoms with van der Waals surface area (Å²) in [6.07, 6.45) is 0.498. The van der Waals surface area contributed by atoms with Crippen molar-refractivity contribution in [1.82, 2.24) is 0 Å². The Bertz CT molecular complexity index is 262. The summed E-state index contributed by atoms with van der Waals surface area (Å²) in [6.45, 7) is 2.40. The van der Waals surface area contributed by atoms with Crippen LogP contribution in [0.1, 0.15) is 19.8 Å². The van der Waals surface area contributed by atoms with Crippen molar-refractivity contribution < 1.29 is 19.3 Å². The summed E-state index contributed by atoms with van der Waals surface area (Å²) in [5, 5.41) is 19.8. The second kappa shape index (κ2) is 5.11. The van der Waals surface area contributed by atoms with E-state index in [1.54, 1.807) is 6.92 Å². The molecule has 0 aromatic rings. The van der Waals surface area contributed by atoms with Gasteiger partial charge in [-0.3, -0.25) is 0 Å². The van der Waals surface area contributed by atoms with Crippen LogP contribution < -0.4 is 0 Å². The Morgan fingerprint density at radius 3 is 2.50 bits per heavy atom. The molecule has 92 valence electrons. The summed E-state index contributed by atoms with van der Waals surface area (Å²) in [4.78, 5) is 0. The van der Waals surface area contributed by atoms with Crippen LogP contribution in [0.2, 0.25) is 0 Å². The summed E-state index contributed by atoms with van der Waals surface area (Å²) < 4.78 is 15.4. The molecule has 5 nitrogen and oxygen atoms in total. The van der Waals surface area contributed by atoms with Crippen molar-refractivity contribution in [1.29, 1.82) is 5.26 Å². The molecule has 1 aliphatic heterocycles. The van der Waals surface area contributed by atoms with E-state index in [9.17, 15) is 10.4 Å². The first-order valence-electron chi connectivity index (χ1n) is 5.31. The topological polar surface area (TPSA) is 71.7 Å². The lowest BCUT2D eigenvalue weighted by molar-refractivity contribution is -0.254. The Balaban J connectivity index is 2.97. The third-order valence-corrected chi connectivity index (χ3v) is 3.31. The van der Waals surface area contributed by atoms with E-state index in [0.29, 0.717) is 13.0 Å². The number of ether oxygens (including phenoxy) is 3. The van der Waals surface area contributed by atoms with Gasteiger partial charge in [0.15, 0.2) is 6.29 Å². The molecule has 16 heavy (non-hydrogen) atoms. The summed E-state index contributed by atoms with van der Waals surface area (Å²) in [6, 6.07) is 2.17. The molecule has 0 saturated carbocycles. The highest BCUT2D eigenvalue weighted by Crippen LogP contribution is 2.41. The number of hydrogen-bond donors (Lipinski definition) is 1. The lowest BCUT2D eigenvalue weighted by Gasteiger charge is -2.45. The van der Waals surface area contributed by atoms with Gasteiger partial charge in [-0.2, -0.15) is 5.26 Å². The number of methoxy groups -OCH3 is 2. The average molecular weight is 229 g/mol. The Labute approximate surface area is 95.9 Å². The maximum Gasteiger partial charge on any atom is 0.187 e. The molecule has 0 radical (unpaired) electrons. The van der Waals surface area contributed by atoms with Gasteiger partial charge in [-0.1, -0.05) is 0 Å². The molecule has 2 unspecified atom stereocenters. The lowest BCUT2D eigenvalue weighted by atomic mass is 9.70. The molecule has 0 amide bonds. The molecule has 5 heteroatoms. The maximum atomic E-state index is 10.5. The zero-order valence-corrected chi connectivity index (χ0v) is 10.0. The van der Waals surface area contributed by atoms with Crippen molar-refractivity contribution in [2.75, 3.05) is 27.4 Å². The van der Waals surface area contributed by atoms with Gasteiger partial charge in [0.05, 0.1) is 12.7 Å². The molecule has 1 N–H and O–H groups in total. The molecule has 0 aliphatic carbocycles. The molecule has 0 aromatic heterocycles. The first-order valence-corrected chi connectivity index (χ1v) is 5.31. The second-order valence-corrected chi connectivity index (χ2v) is 4.30. The van der Waals surface area contributed by atoms with Crippen molar-refractivity contribution in [2.45, 2.75) is 31.7 Å². The first kappa shape index (κ1) is 13.4. The van der Waals surface area contributed by atoms with Crippen LogP contribution in [0.15, 0.2) is 0 Å². The molecule has 1 rings (SSSR count). The fraction of sp³-hybridized carbons (Fsp3) is 0.909. The average Bonchev–Trinajstić information content (AvgIpc) is 2.31. The standard InChI is InChI=1S/C11H19NO4/c1-10(13,9(14-2)15-3)11(7-12)5-4-6-16-8-11/h9,13H,4-6,8H2,1-3H3. The molecule has 1 saturated heterocycles. The van der Waals surface area contributed by atoms with Gasteiger partial charge < -0.3 is 19.3 Å². The van der Waals surface area contributed by atoms with E-state index in [2.05, 4.69) is 6.07 Å². The predicted molar refractivity (Wildman–Crippen MR) is 56.5 cm³/mol. The Morgan fingerprint density at radius 1 is 1.50 bits per heavy atom. The largest absolute Gasteiger partial charge is 0.383 e. The lowest BCUT2D eigenvalue weighted by Crippen LogP contribution is -2.58. The number of rotatable bonds is 4. The molecule has 1 aliphatic rings. The third-order valence-electron chi connectivity index (χ3n) is 3.31. The molecule has 0 spiro atoms. The van der Waals surface area contributed by atoms with Gasteiger partial charge in [-0.15, -0.1) is 0 Å². The first-order chi connectivity index (χ1) is 7.54. The van der Waals surface area contributed by atoms with Gasteiger partial charge in [-0.05, 0) is 19.8 Å². The molecule has 1 heterocycles. The highest BCUT2D eigenvalue weighted by atomic mass is 16.7. The van der Waals surface area contributed by atoms with Crippen LogP contribution in [0.3, 0.4) is 0 Å². The number of hydrogen-bond acceptors (Lipinski definition) is 5. The zero-order valence-electron chi connectivity index (χ0n) is 10.0. The normalized spacial score (nSPS) is 29.8. The van der Waals surface area contributed by atoms with Crippen LogP contribution in [-0.2, 0) is 14.2 Å². The fourth-order valence-electron chi connectivity index (χ4n) is 2.18. The second-order valence-electron chi connectivity index (χ2n) is 4.30. The zero-order chi connectivity index (χ0) is 12.2. The molecule has 2 atom stereocenters. The Hall–Kier alpha value is -0.670. The highest BCUT2D eigenvalue weighted by molar-refractivity contribution is 5.12. The summed E-state index contributed by atoms with van der Waals surface area (Å²) in [5.41, 5.74) is -2.37. The number of aliphatic hydroxyl groups is 1. The minimum atomic E-state index is -1.40. The van der Waals surface area contributed by atoms with E-state index >= 15 is 0 Å². The van der Waals surface area contributed by atoms with Crippen molar-refractivity contribution in [3.8, 4) is 6.07 Å². The predicted octanol–water partition coefficient (Wildman–Crippen LogP) is 0.677. The minimum absolute atomic E-state index is 0.208. The monoisotopic (exact) mass is 229 g/mol. The van der Waals surface area contributed by atoms with Gasteiger partial charge >= 0.3 is 0 Å². The van der Waals surface area contributed by atoms with E-state index in [4.69, 9.17) is 14.2 Å². The maximum absolute atomic E-state index is 10.5. The SMILES string of the molecule is COC(OC)C(C)(O)C1(C#N)CCCOC1. The van der Waals surface area contributed by atoms with Crippen LogP contribution in [0.4, 0.5) is 0 Å². The smallest absolute Gasteiger partial charge is 0.187 e. The molecule has 0 bridgehead atoms. The fourth-order valence-corrected chi connectivity index (χ4v) is 2.18. The molecular formula is C11H19NO4. The number of nitrogens with zero attached hydrogens (tertiary/aromatic N) is 1. The Kier molecular flexibility index (Phi) is 4.28. The summed E-state index contributed by atoms with van der Waals surface area (Å²) >= 11 is 0. The molecule has 1 fully saturated rings. The van der Waals surface area contributed by atoms with Crippen molar-refractivity contribution in [3.63, 3.8) is 0 Å². The van der Waals surface area contributed by atoms with Gasteiger partial charge in [0.25, 0.3) is 0 Å². The van der Waals surface area contributed by atoms with Crippen LogP contribution in [-0.4, -0.2) is 44.4 Å². The van der Waals surface area contributed by atoms with E-state index in [1.165, 1.54) is 14.2 Å². The molecular weight excluding hydrogens is 210 g/mol. The van der Waals surface area contributed by atoms with Crippen molar-refractivity contribution >= 4 is 0 Å². The highest BCUT2D eigenvalue weighted by Gasteiger charge is 2.54. The number of nitriles is 1. The van der Waals surface area contributed by atoms with Gasteiger partial charge in [0, 0.05) is 20.8 Å². The van der Waals surface area contributed by atoms with Crippen LogP contribution >= 0.6 is 0 Å². The van der Waals surface area contributed by atoms with Crippen LogP contribution in [0.25, 0.3) is 0 Å². The minimum Gasteiger partial charge on any atom is -0.383 e. The summed E-state index contributed by atoms with van der Waals surface area (Å²) in [5.74, 6) is 0. The van der Waals surface area contributed by atoms with Crippen molar-refractivity contribution in [3.05, 3.63) is 0 Å². The van der Waals surface area contributed by atoms with Crippen molar-refractivity contribution in [2.24, 2.45) is 5.41 Å². The van der Waals surface area contributed by atoms with E-state index in [0.717, 1.165) is 6.42 Å². The molecule has 0 aromatic carbocycles. The van der Waals surface area contributed by atoms with Gasteiger partial charge in [0.2, 0.25) is 0 Å². The Morgan fingerprint density at radius 2 is 2.12 bits per heavy atom. The quantitative estimate of drug-likeness (QED) is 0.718. The van der Waals surface area contributed by atoms with E-state index in [-0.39, 0.29) is 6.61 Å². The summed E-state index contributed by atoms with van der Waals surface area (Å²) in [7, 11) is 2.88. The van der Waals surface area contributed by atoms with Gasteiger partial charge in [0.1, 0.15) is 11.0 Å². The van der Waals surface area contributed by atoms with E-state index < -0.39 is 17.3 Å². The van der Waals surface area contributed by atoms with Gasteiger partial charge in [-0.25, -0.2) is 0 Å². The third kappa shape index (κ3) is 2.06.